The van der Waals surface area contributed by atoms with Crippen LogP contribution < -0.4 is 16.4 Å². The minimum Gasteiger partial charge on any atom is -0.481 e. The Bertz CT molecular complexity index is 241. The first-order valence-corrected chi connectivity index (χ1v) is 6.26. The lowest BCUT2D eigenvalue weighted by Gasteiger charge is -2.09. The summed E-state index contributed by atoms with van der Waals surface area (Å²) in [5.74, 6) is -0.858. The second kappa shape index (κ2) is 12.5. The van der Waals surface area contributed by atoms with Crippen molar-refractivity contribution < 1.29 is 25.1 Å². The molecule has 0 spiro atoms. The van der Waals surface area contributed by atoms with Gasteiger partial charge in [-0.2, -0.15) is 0 Å². The number of aliphatic carboxylic acids is 1. The normalized spacial score (nSPS) is 10.1. The number of quaternary nitrogens is 1. The summed E-state index contributed by atoms with van der Waals surface area (Å²) in [4.78, 5) is 10.2. The van der Waals surface area contributed by atoms with Crippen molar-refractivity contribution in [3.05, 3.63) is 0 Å². The Morgan fingerprint density at radius 1 is 1.11 bits per heavy atom. The maximum atomic E-state index is 10.2. The molecule has 0 aliphatic heterocycles. The van der Waals surface area contributed by atoms with E-state index in [0.29, 0.717) is 31.5 Å². The number of ether oxygens (including phenoxy) is 2. The second-order valence-electron chi connectivity index (χ2n) is 3.40. The van der Waals surface area contributed by atoms with E-state index in [1.54, 1.807) is 0 Å². The SMILES string of the molecule is [NH3+]CCNC(=S)NCCOCCOCCC(=O)O. The fraction of sp³-hybridized carbons (Fsp3) is 0.800. The predicted octanol–water partition coefficient (Wildman–Crippen LogP) is -1.80. The summed E-state index contributed by atoms with van der Waals surface area (Å²) in [5, 5.41) is 14.9. The lowest BCUT2D eigenvalue weighted by Crippen LogP contribution is -2.55. The lowest BCUT2D eigenvalue weighted by molar-refractivity contribution is -0.364. The molecule has 0 radical (unpaired) electrons. The van der Waals surface area contributed by atoms with E-state index in [1.807, 2.05) is 0 Å². The molecule has 8 heteroatoms. The topological polar surface area (TPSA) is 107 Å². The highest BCUT2D eigenvalue weighted by molar-refractivity contribution is 7.80. The van der Waals surface area contributed by atoms with E-state index < -0.39 is 5.97 Å². The van der Waals surface area contributed by atoms with Gasteiger partial charge in [0.15, 0.2) is 5.11 Å². The number of carbonyl (C=O) groups is 1. The molecule has 0 aromatic carbocycles. The number of carboxylic acid groups (broad SMARTS) is 1. The van der Waals surface area contributed by atoms with Crippen LogP contribution in [-0.2, 0) is 14.3 Å². The molecule has 0 aromatic heterocycles. The van der Waals surface area contributed by atoms with Gasteiger partial charge in [0.25, 0.3) is 0 Å². The Balaban J connectivity index is 3.11. The molecule has 0 rings (SSSR count). The van der Waals surface area contributed by atoms with Crippen LogP contribution in [0.25, 0.3) is 0 Å². The maximum absolute atomic E-state index is 10.2. The molecule has 7 nitrogen and oxygen atoms in total. The third-order valence-corrected chi connectivity index (χ3v) is 2.12. The summed E-state index contributed by atoms with van der Waals surface area (Å²) in [5.41, 5.74) is 3.69. The zero-order chi connectivity index (χ0) is 13.6. The molecule has 106 valence electrons. The van der Waals surface area contributed by atoms with Crippen molar-refractivity contribution in [1.29, 1.82) is 0 Å². The van der Waals surface area contributed by atoms with Gasteiger partial charge < -0.3 is 30.9 Å². The summed E-state index contributed by atoms with van der Waals surface area (Å²) in [6, 6.07) is 0. The van der Waals surface area contributed by atoms with E-state index in [2.05, 4.69) is 16.4 Å². The molecular weight excluding hydrogens is 258 g/mol. The number of hydrogen-bond donors (Lipinski definition) is 4. The van der Waals surface area contributed by atoms with Gasteiger partial charge in [-0.3, -0.25) is 4.79 Å². The van der Waals surface area contributed by atoms with Crippen LogP contribution in [0.3, 0.4) is 0 Å². The molecule has 0 saturated heterocycles. The van der Waals surface area contributed by atoms with Crippen LogP contribution in [0.4, 0.5) is 0 Å². The van der Waals surface area contributed by atoms with Crippen molar-refractivity contribution in [1.82, 2.24) is 10.6 Å². The second-order valence-corrected chi connectivity index (χ2v) is 3.81. The van der Waals surface area contributed by atoms with Crippen LogP contribution in [0.15, 0.2) is 0 Å². The number of hydrogen-bond acceptors (Lipinski definition) is 4. The van der Waals surface area contributed by atoms with Crippen molar-refractivity contribution in [3.8, 4) is 0 Å². The van der Waals surface area contributed by atoms with Crippen LogP contribution in [0, 0.1) is 0 Å². The van der Waals surface area contributed by atoms with Gasteiger partial charge in [-0.05, 0) is 12.2 Å². The molecule has 0 aliphatic carbocycles. The Morgan fingerprint density at radius 2 is 1.72 bits per heavy atom. The highest BCUT2D eigenvalue weighted by Gasteiger charge is 1.96. The molecule has 0 heterocycles. The van der Waals surface area contributed by atoms with Gasteiger partial charge in [0, 0.05) is 6.54 Å². The highest BCUT2D eigenvalue weighted by atomic mass is 32.1. The van der Waals surface area contributed by atoms with Gasteiger partial charge in [0.1, 0.15) is 0 Å². The number of rotatable bonds is 11. The van der Waals surface area contributed by atoms with Gasteiger partial charge >= 0.3 is 5.97 Å². The minimum absolute atomic E-state index is 0.0216. The van der Waals surface area contributed by atoms with Crippen LogP contribution in [0.1, 0.15) is 6.42 Å². The first-order valence-electron chi connectivity index (χ1n) is 5.85. The Labute approximate surface area is 112 Å². The van der Waals surface area contributed by atoms with Crippen LogP contribution in [0.5, 0.6) is 0 Å². The third-order valence-electron chi connectivity index (χ3n) is 1.83. The number of thiocarbonyl (C=S) groups is 1. The summed E-state index contributed by atoms with van der Waals surface area (Å²) < 4.78 is 10.3. The largest absolute Gasteiger partial charge is 0.481 e. The van der Waals surface area contributed by atoms with Crippen molar-refractivity contribution >= 4 is 23.3 Å². The molecule has 0 aliphatic rings. The van der Waals surface area contributed by atoms with E-state index in [1.165, 1.54) is 0 Å². The van der Waals surface area contributed by atoms with Gasteiger partial charge in [-0.15, -0.1) is 0 Å². The van der Waals surface area contributed by atoms with Gasteiger partial charge in [-0.25, -0.2) is 0 Å². The standard InChI is InChI=1S/C10H21N3O4S/c11-2-3-12-10(18)13-4-6-17-8-7-16-5-1-9(14)15/h1-8,11H2,(H,14,15)(H2,12,13,18)/p+1. The predicted molar refractivity (Wildman–Crippen MR) is 70.2 cm³/mol. The maximum Gasteiger partial charge on any atom is 0.305 e. The van der Waals surface area contributed by atoms with E-state index in [0.717, 1.165) is 13.1 Å². The molecule has 0 bridgehead atoms. The summed E-state index contributed by atoms with van der Waals surface area (Å²) in [7, 11) is 0. The molecule has 0 saturated carbocycles. The zero-order valence-corrected chi connectivity index (χ0v) is 11.3. The summed E-state index contributed by atoms with van der Waals surface area (Å²) in [6.45, 7) is 3.75. The average Bonchev–Trinajstić information content (AvgIpc) is 2.34. The Hall–Kier alpha value is -0.960. The number of carboxylic acids is 1. The van der Waals surface area contributed by atoms with E-state index in [9.17, 15) is 4.79 Å². The zero-order valence-electron chi connectivity index (χ0n) is 10.4. The molecule has 0 aromatic rings. The van der Waals surface area contributed by atoms with Gasteiger partial charge in [-0.1, -0.05) is 0 Å². The number of nitrogens with one attached hydrogen (secondary N) is 2. The molecule has 0 unspecified atom stereocenters. The van der Waals surface area contributed by atoms with Crippen molar-refractivity contribution in [2.45, 2.75) is 6.42 Å². The summed E-state index contributed by atoms with van der Waals surface area (Å²) in [6.07, 6.45) is 0.0216. The van der Waals surface area contributed by atoms with E-state index >= 15 is 0 Å². The van der Waals surface area contributed by atoms with E-state index in [4.69, 9.17) is 26.8 Å². The van der Waals surface area contributed by atoms with Gasteiger partial charge in [0.05, 0.1) is 45.9 Å². The Morgan fingerprint density at radius 3 is 2.33 bits per heavy atom. The molecule has 6 N–H and O–H groups in total. The molecule has 18 heavy (non-hydrogen) atoms. The average molecular weight is 280 g/mol. The fourth-order valence-electron chi connectivity index (χ4n) is 0.983. The first kappa shape index (κ1) is 17.0. The monoisotopic (exact) mass is 280 g/mol. The smallest absolute Gasteiger partial charge is 0.305 e. The molecular formula is C10H22N3O4S+. The Kier molecular flexibility index (Phi) is 11.8. The molecule has 0 fully saturated rings. The highest BCUT2D eigenvalue weighted by Crippen LogP contribution is 1.83. The van der Waals surface area contributed by atoms with Crippen molar-refractivity contribution in [3.63, 3.8) is 0 Å². The van der Waals surface area contributed by atoms with Crippen molar-refractivity contribution in [2.75, 3.05) is 46.1 Å². The minimum atomic E-state index is -0.858. The quantitative estimate of drug-likeness (QED) is 0.261. The van der Waals surface area contributed by atoms with Crippen LogP contribution in [0.2, 0.25) is 0 Å². The van der Waals surface area contributed by atoms with Gasteiger partial charge in [0.2, 0.25) is 0 Å². The first-order chi connectivity index (χ1) is 8.66. The van der Waals surface area contributed by atoms with Crippen molar-refractivity contribution in [2.24, 2.45) is 0 Å². The lowest BCUT2D eigenvalue weighted by atomic mass is 10.5. The van der Waals surface area contributed by atoms with Crippen LogP contribution in [-0.4, -0.2) is 62.3 Å². The van der Waals surface area contributed by atoms with Crippen LogP contribution >= 0.6 is 12.2 Å². The summed E-state index contributed by atoms with van der Waals surface area (Å²) >= 11 is 4.99. The third kappa shape index (κ3) is 13.1. The molecule has 0 atom stereocenters. The fourth-order valence-corrected chi connectivity index (χ4v) is 1.19. The molecule has 0 amide bonds. The van der Waals surface area contributed by atoms with E-state index in [-0.39, 0.29) is 13.0 Å².